The maximum Gasteiger partial charge on any atom is 0.306 e. The van der Waals surface area contributed by atoms with Crippen LogP contribution >= 0.6 is 0 Å². The van der Waals surface area contributed by atoms with E-state index in [-0.39, 0.29) is 18.0 Å². The van der Waals surface area contributed by atoms with Gasteiger partial charge in [-0.15, -0.1) is 0 Å². The first-order valence-electron chi connectivity index (χ1n) is 18.4. The van der Waals surface area contributed by atoms with Crippen LogP contribution in [0.4, 0.5) is 11.8 Å². The average molecular weight is 656 g/mol. The van der Waals surface area contributed by atoms with Gasteiger partial charge in [-0.2, -0.15) is 10.1 Å². The molecule has 0 radical (unpaired) electrons. The zero-order chi connectivity index (χ0) is 33.2. The lowest BCUT2D eigenvalue weighted by Gasteiger charge is -2.47. The number of rotatable bonds is 11. The lowest BCUT2D eigenvalue weighted by atomic mass is 9.77. The van der Waals surface area contributed by atoms with Gasteiger partial charge in [0.1, 0.15) is 5.82 Å². The molecular weight excluding hydrogens is 602 g/mol. The van der Waals surface area contributed by atoms with Gasteiger partial charge in [-0.3, -0.25) is 14.4 Å². The first-order valence-corrected chi connectivity index (χ1v) is 18.4. The summed E-state index contributed by atoms with van der Waals surface area (Å²) in [6.45, 7) is 4.73. The number of anilines is 2. The summed E-state index contributed by atoms with van der Waals surface area (Å²) in [5, 5.41) is 18.2. The molecule has 1 saturated carbocycles. The van der Waals surface area contributed by atoms with Crippen molar-refractivity contribution < 1.29 is 14.6 Å². The third kappa shape index (κ3) is 6.97. The van der Waals surface area contributed by atoms with Crippen molar-refractivity contribution in [2.45, 2.75) is 108 Å². The molecule has 2 saturated heterocycles. The van der Waals surface area contributed by atoms with Crippen molar-refractivity contribution in [1.82, 2.24) is 24.6 Å². The SMILES string of the molecule is CC[C@H](C1CCC(C(=O)O)CC1)N(C)c1nc2c(c(N[C@@H](CN3[C@@H]4CCC[C@H]3COC4)c3cnn(C)c3)n1)C[C@H](c1ccccc1)CC2. The number of carboxylic acid groups (broad SMARTS) is 1. The zero-order valence-corrected chi connectivity index (χ0v) is 28.9. The largest absolute Gasteiger partial charge is 0.481 e. The van der Waals surface area contributed by atoms with Crippen LogP contribution in [0, 0.1) is 11.8 Å². The summed E-state index contributed by atoms with van der Waals surface area (Å²) in [6, 6.07) is 12.1. The molecule has 1 aromatic carbocycles. The number of hydrogen-bond donors (Lipinski definition) is 2. The van der Waals surface area contributed by atoms with Crippen LogP contribution < -0.4 is 10.2 Å². The van der Waals surface area contributed by atoms with E-state index in [9.17, 15) is 9.90 Å². The van der Waals surface area contributed by atoms with Gasteiger partial charge in [0.05, 0.1) is 37.1 Å². The van der Waals surface area contributed by atoms with E-state index in [4.69, 9.17) is 14.7 Å². The predicted molar refractivity (Wildman–Crippen MR) is 187 cm³/mol. The van der Waals surface area contributed by atoms with Gasteiger partial charge in [-0.1, -0.05) is 43.7 Å². The minimum absolute atomic E-state index is 0.0161. The van der Waals surface area contributed by atoms with Crippen LogP contribution in [0.3, 0.4) is 0 Å². The molecule has 7 rings (SSSR count). The Hall–Kier alpha value is -3.50. The van der Waals surface area contributed by atoms with Gasteiger partial charge in [0.25, 0.3) is 0 Å². The molecular formula is C38H53N7O3. The maximum atomic E-state index is 11.7. The summed E-state index contributed by atoms with van der Waals surface area (Å²) < 4.78 is 7.91. The number of nitrogens with one attached hydrogen (secondary N) is 1. The average Bonchev–Trinajstić information content (AvgIpc) is 3.54. The number of hydrogen-bond acceptors (Lipinski definition) is 8. The molecule has 2 aliphatic heterocycles. The molecule has 2 aliphatic carbocycles. The minimum atomic E-state index is -0.652. The van der Waals surface area contributed by atoms with E-state index in [0.29, 0.717) is 23.9 Å². The quantitative estimate of drug-likeness (QED) is 0.257. The fourth-order valence-corrected chi connectivity index (χ4v) is 9.15. The van der Waals surface area contributed by atoms with Crippen molar-refractivity contribution in [3.8, 4) is 0 Å². The summed E-state index contributed by atoms with van der Waals surface area (Å²) in [7, 11) is 4.13. The van der Waals surface area contributed by atoms with Crippen LogP contribution in [-0.2, 0) is 29.4 Å². The molecule has 4 aliphatic rings. The molecule has 3 fully saturated rings. The van der Waals surface area contributed by atoms with E-state index in [2.05, 4.69) is 70.7 Å². The van der Waals surface area contributed by atoms with Crippen molar-refractivity contribution in [3.05, 3.63) is 65.1 Å². The molecule has 2 aromatic heterocycles. The normalized spacial score (nSPS) is 27.1. The number of morpholine rings is 1. The summed E-state index contributed by atoms with van der Waals surface area (Å²) >= 11 is 0. The van der Waals surface area contributed by atoms with Crippen LogP contribution in [-0.4, -0.2) is 80.7 Å². The van der Waals surface area contributed by atoms with Crippen LogP contribution in [0.5, 0.6) is 0 Å². The highest BCUT2D eigenvalue weighted by Gasteiger charge is 2.38. The third-order valence-corrected chi connectivity index (χ3v) is 11.9. The van der Waals surface area contributed by atoms with Gasteiger partial charge < -0.3 is 20.1 Å². The fraction of sp³-hybridized carbons (Fsp3) is 0.632. The van der Waals surface area contributed by atoms with Gasteiger partial charge in [0.2, 0.25) is 5.95 Å². The second-order valence-corrected chi connectivity index (χ2v) is 14.8. The Morgan fingerprint density at radius 1 is 1.06 bits per heavy atom. The number of fused-ring (bicyclic) bond motifs is 3. The number of nitrogens with zero attached hydrogens (tertiary/aromatic N) is 6. The second-order valence-electron chi connectivity index (χ2n) is 14.8. The number of carbonyl (C=O) groups is 1. The van der Waals surface area contributed by atoms with Crippen molar-refractivity contribution in [2.24, 2.45) is 18.9 Å². The topological polar surface area (TPSA) is 109 Å². The minimum Gasteiger partial charge on any atom is -0.481 e. The Morgan fingerprint density at radius 2 is 1.81 bits per heavy atom. The van der Waals surface area contributed by atoms with E-state index in [1.807, 2.05) is 17.9 Å². The van der Waals surface area contributed by atoms with Gasteiger partial charge in [0.15, 0.2) is 0 Å². The molecule has 3 aromatic rings. The molecule has 10 heteroatoms. The van der Waals surface area contributed by atoms with Gasteiger partial charge in [-0.05, 0) is 81.6 Å². The molecule has 258 valence electrons. The van der Waals surface area contributed by atoms with Gasteiger partial charge in [-0.25, -0.2) is 4.98 Å². The number of aromatic nitrogens is 4. The van der Waals surface area contributed by atoms with Crippen LogP contribution in [0.1, 0.15) is 99.1 Å². The molecule has 5 atom stereocenters. The smallest absolute Gasteiger partial charge is 0.306 e. The number of aliphatic carboxylic acids is 1. The molecule has 48 heavy (non-hydrogen) atoms. The number of piperidine rings is 1. The molecule has 4 heterocycles. The number of carboxylic acids is 1. The van der Waals surface area contributed by atoms with Crippen LogP contribution in [0.15, 0.2) is 42.7 Å². The fourth-order valence-electron chi connectivity index (χ4n) is 9.15. The van der Waals surface area contributed by atoms with Crippen LogP contribution in [0.2, 0.25) is 0 Å². The predicted octanol–water partition coefficient (Wildman–Crippen LogP) is 5.99. The first kappa shape index (κ1) is 33.0. The first-order chi connectivity index (χ1) is 23.4. The zero-order valence-electron chi connectivity index (χ0n) is 28.9. The van der Waals surface area contributed by atoms with Gasteiger partial charge >= 0.3 is 5.97 Å². The van der Waals surface area contributed by atoms with Crippen molar-refractivity contribution in [1.29, 1.82) is 0 Å². The Bertz CT molecular complexity index is 1520. The molecule has 0 amide bonds. The van der Waals surface area contributed by atoms with E-state index in [1.54, 1.807) is 0 Å². The highest BCUT2D eigenvalue weighted by atomic mass is 16.5. The highest BCUT2D eigenvalue weighted by molar-refractivity contribution is 5.70. The van der Waals surface area contributed by atoms with E-state index < -0.39 is 5.97 Å². The van der Waals surface area contributed by atoms with Gasteiger partial charge in [0, 0.05) is 56.1 Å². The number of benzene rings is 1. The summed E-state index contributed by atoms with van der Waals surface area (Å²) in [6.07, 6.45) is 15.0. The van der Waals surface area contributed by atoms with E-state index >= 15 is 0 Å². The Labute approximate surface area is 285 Å². The number of aryl methyl sites for hydroxylation is 2. The van der Waals surface area contributed by atoms with Crippen LogP contribution in [0.25, 0.3) is 0 Å². The molecule has 10 nitrogen and oxygen atoms in total. The van der Waals surface area contributed by atoms with E-state index in [1.165, 1.54) is 36.0 Å². The Balaban J connectivity index is 1.22. The Morgan fingerprint density at radius 3 is 2.48 bits per heavy atom. The standard InChI is InChI=1S/C38H53N7O3/c1-4-35(26-13-15-27(16-14-26)37(46)47)44(3)38-41-33-18-17-28(25-9-6-5-7-10-25)19-32(33)36(42-38)40-34(29-20-39-43(2)21-29)22-45-30-11-8-12-31(45)24-48-23-30/h5-7,9-10,20-21,26-28,30-31,34-35H,4,8,11-19,22-24H2,1-3H3,(H,46,47)(H,40,41,42)/t26?,27?,28-,30-,31+,34+,35-/m1/s1. The summed E-state index contributed by atoms with van der Waals surface area (Å²) in [4.78, 5) is 27.3. The summed E-state index contributed by atoms with van der Waals surface area (Å²) in [5.74, 6) is 1.70. The molecule has 0 unspecified atom stereocenters. The highest BCUT2D eigenvalue weighted by Crippen LogP contribution is 2.39. The van der Waals surface area contributed by atoms with Crippen molar-refractivity contribution in [2.75, 3.05) is 37.0 Å². The summed E-state index contributed by atoms with van der Waals surface area (Å²) in [5.41, 5.74) is 4.93. The Kier molecular flexibility index (Phi) is 10.0. The molecule has 0 spiro atoms. The lowest BCUT2D eigenvalue weighted by molar-refractivity contribution is -0.143. The maximum absolute atomic E-state index is 11.7. The van der Waals surface area contributed by atoms with Crippen molar-refractivity contribution in [3.63, 3.8) is 0 Å². The molecule has 2 N–H and O–H groups in total. The molecule has 2 bridgehead atoms. The second kappa shape index (κ2) is 14.5. The monoisotopic (exact) mass is 655 g/mol. The van der Waals surface area contributed by atoms with E-state index in [0.717, 1.165) is 88.6 Å². The third-order valence-electron chi connectivity index (χ3n) is 11.9. The lowest BCUT2D eigenvalue weighted by Crippen LogP contribution is -2.56. The van der Waals surface area contributed by atoms with Crippen molar-refractivity contribution >= 4 is 17.7 Å². The number of ether oxygens (including phenoxy) is 1.